The van der Waals surface area contributed by atoms with Crippen LogP contribution in [0.4, 0.5) is 0 Å². The maximum absolute atomic E-state index is 5.56. The van der Waals surface area contributed by atoms with Crippen molar-refractivity contribution in [2.45, 2.75) is 69.4 Å². The molecule has 0 aromatic carbocycles. The molecule has 4 unspecified atom stereocenters. The molecule has 0 spiro atoms. The highest BCUT2D eigenvalue weighted by Gasteiger charge is 2.34. The molecule has 2 aliphatic heterocycles. The Labute approximate surface area is 125 Å². The average molecular weight is 291 g/mol. The molecule has 4 atom stereocenters. The van der Waals surface area contributed by atoms with Gasteiger partial charge in [0.25, 0.3) is 0 Å². The van der Waals surface area contributed by atoms with Crippen LogP contribution < -0.4 is 5.32 Å². The van der Waals surface area contributed by atoms with Crippen LogP contribution in [-0.2, 0) is 4.74 Å². The number of ether oxygens (including phenoxy) is 1. The Hall–Kier alpha value is -0.940. The molecule has 1 saturated carbocycles. The SMILES string of the molecule is C1COCC(c2noc(C3CCC4CCCCC4N3)n2)C1. The molecule has 1 aromatic rings. The summed E-state index contributed by atoms with van der Waals surface area (Å²) in [5.74, 6) is 2.82. The zero-order chi connectivity index (χ0) is 14.1. The van der Waals surface area contributed by atoms with Crippen molar-refractivity contribution in [2.75, 3.05) is 13.2 Å². The van der Waals surface area contributed by atoms with E-state index in [1.807, 2.05) is 0 Å². The monoisotopic (exact) mass is 291 g/mol. The molecule has 3 fully saturated rings. The summed E-state index contributed by atoms with van der Waals surface area (Å²) in [4.78, 5) is 4.67. The largest absolute Gasteiger partial charge is 0.381 e. The van der Waals surface area contributed by atoms with Crippen LogP contribution in [0.5, 0.6) is 0 Å². The van der Waals surface area contributed by atoms with E-state index in [0.29, 0.717) is 12.0 Å². The standard InChI is InChI=1S/C16H25N3O2/c1-2-6-13-11(4-1)7-8-14(17-13)16-18-15(19-21-16)12-5-3-9-20-10-12/h11-14,17H,1-10H2. The van der Waals surface area contributed by atoms with E-state index in [4.69, 9.17) is 9.26 Å². The van der Waals surface area contributed by atoms with Gasteiger partial charge in [0.2, 0.25) is 5.89 Å². The van der Waals surface area contributed by atoms with Crippen LogP contribution in [0.1, 0.15) is 75.0 Å². The van der Waals surface area contributed by atoms with Gasteiger partial charge in [0.15, 0.2) is 5.82 Å². The maximum Gasteiger partial charge on any atom is 0.243 e. The highest BCUT2D eigenvalue weighted by molar-refractivity contribution is 5.02. The van der Waals surface area contributed by atoms with E-state index >= 15 is 0 Å². The second-order valence-electron chi connectivity index (χ2n) is 6.85. The van der Waals surface area contributed by atoms with Crippen LogP contribution in [0.3, 0.4) is 0 Å². The van der Waals surface area contributed by atoms with E-state index in [2.05, 4.69) is 15.5 Å². The summed E-state index contributed by atoms with van der Waals surface area (Å²) in [6.45, 7) is 1.61. The summed E-state index contributed by atoms with van der Waals surface area (Å²) in [6, 6.07) is 0.918. The molecule has 3 heterocycles. The predicted molar refractivity (Wildman–Crippen MR) is 77.9 cm³/mol. The lowest BCUT2D eigenvalue weighted by Gasteiger charge is -2.39. The third-order valence-corrected chi connectivity index (χ3v) is 5.43. The van der Waals surface area contributed by atoms with Gasteiger partial charge in [-0.25, -0.2) is 0 Å². The fraction of sp³-hybridized carbons (Fsp3) is 0.875. The lowest BCUT2D eigenvalue weighted by molar-refractivity contribution is 0.0773. The molecule has 116 valence electrons. The van der Waals surface area contributed by atoms with Gasteiger partial charge in [0, 0.05) is 18.6 Å². The van der Waals surface area contributed by atoms with E-state index in [1.165, 1.54) is 32.1 Å². The molecular formula is C16H25N3O2. The van der Waals surface area contributed by atoms with E-state index in [9.17, 15) is 0 Å². The molecule has 5 heteroatoms. The van der Waals surface area contributed by atoms with E-state index in [0.717, 1.165) is 50.1 Å². The summed E-state index contributed by atoms with van der Waals surface area (Å²) >= 11 is 0. The second-order valence-corrected chi connectivity index (χ2v) is 6.85. The Morgan fingerprint density at radius 1 is 1.00 bits per heavy atom. The number of piperidine rings is 1. The van der Waals surface area contributed by atoms with E-state index < -0.39 is 0 Å². The van der Waals surface area contributed by atoms with Crippen molar-refractivity contribution >= 4 is 0 Å². The second kappa shape index (κ2) is 6.05. The van der Waals surface area contributed by atoms with Crippen molar-refractivity contribution in [3.05, 3.63) is 11.7 Å². The molecule has 4 rings (SSSR count). The van der Waals surface area contributed by atoms with Gasteiger partial charge in [-0.05, 0) is 44.4 Å². The number of aromatic nitrogens is 2. The summed E-state index contributed by atoms with van der Waals surface area (Å²) in [5, 5.41) is 7.97. The average Bonchev–Trinajstić information content (AvgIpc) is 3.05. The van der Waals surface area contributed by atoms with Crippen molar-refractivity contribution in [1.29, 1.82) is 0 Å². The van der Waals surface area contributed by atoms with Crippen LogP contribution >= 0.6 is 0 Å². The quantitative estimate of drug-likeness (QED) is 0.907. The predicted octanol–water partition coefficient (Wildman–Crippen LogP) is 2.95. The van der Waals surface area contributed by atoms with Crippen molar-refractivity contribution in [3.63, 3.8) is 0 Å². The number of fused-ring (bicyclic) bond motifs is 1. The van der Waals surface area contributed by atoms with Crippen LogP contribution in [-0.4, -0.2) is 29.4 Å². The smallest absolute Gasteiger partial charge is 0.243 e. The van der Waals surface area contributed by atoms with E-state index in [-0.39, 0.29) is 6.04 Å². The molecule has 3 aliphatic rings. The molecule has 2 saturated heterocycles. The zero-order valence-electron chi connectivity index (χ0n) is 12.6. The highest BCUT2D eigenvalue weighted by atomic mass is 16.5. The Morgan fingerprint density at radius 3 is 2.86 bits per heavy atom. The Bertz CT molecular complexity index is 470. The topological polar surface area (TPSA) is 60.2 Å². The van der Waals surface area contributed by atoms with Crippen LogP contribution in [0.25, 0.3) is 0 Å². The van der Waals surface area contributed by atoms with Crippen LogP contribution in [0.2, 0.25) is 0 Å². The van der Waals surface area contributed by atoms with Crippen molar-refractivity contribution < 1.29 is 9.26 Å². The fourth-order valence-corrected chi connectivity index (χ4v) is 4.19. The molecule has 1 aromatic heterocycles. The van der Waals surface area contributed by atoms with Gasteiger partial charge in [-0.15, -0.1) is 0 Å². The third kappa shape index (κ3) is 2.86. The summed E-state index contributed by atoms with van der Waals surface area (Å²) in [5.41, 5.74) is 0. The maximum atomic E-state index is 5.56. The molecule has 5 nitrogen and oxygen atoms in total. The molecular weight excluding hydrogens is 266 g/mol. The van der Waals surface area contributed by atoms with Gasteiger partial charge in [0.1, 0.15) is 0 Å². The number of nitrogens with one attached hydrogen (secondary N) is 1. The molecule has 0 bridgehead atoms. The fourth-order valence-electron chi connectivity index (χ4n) is 4.19. The Balaban J connectivity index is 1.43. The molecule has 0 amide bonds. The van der Waals surface area contributed by atoms with Gasteiger partial charge in [-0.2, -0.15) is 4.98 Å². The van der Waals surface area contributed by atoms with Crippen molar-refractivity contribution in [2.24, 2.45) is 5.92 Å². The first-order valence-electron chi connectivity index (χ1n) is 8.57. The first-order valence-corrected chi connectivity index (χ1v) is 8.57. The lowest BCUT2D eigenvalue weighted by Crippen LogP contribution is -2.44. The minimum Gasteiger partial charge on any atom is -0.381 e. The van der Waals surface area contributed by atoms with Gasteiger partial charge in [-0.1, -0.05) is 18.0 Å². The highest BCUT2D eigenvalue weighted by Crippen LogP contribution is 2.36. The molecule has 0 radical (unpaired) electrons. The minimum absolute atomic E-state index is 0.259. The molecule has 1 aliphatic carbocycles. The number of rotatable bonds is 2. The first kappa shape index (κ1) is 13.7. The summed E-state index contributed by atoms with van der Waals surface area (Å²) in [6.07, 6.45) is 10.1. The van der Waals surface area contributed by atoms with Gasteiger partial charge in [-0.3, -0.25) is 0 Å². The number of hydrogen-bond donors (Lipinski definition) is 1. The molecule has 21 heavy (non-hydrogen) atoms. The number of nitrogens with zero attached hydrogens (tertiary/aromatic N) is 2. The molecule has 1 N–H and O–H groups in total. The van der Waals surface area contributed by atoms with Crippen molar-refractivity contribution in [1.82, 2.24) is 15.5 Å². The normalized spacial score (nSPS) is 37.1. The van der Waals surface area contributed by atoms with Gasteiger partial charge in [0.05, 0.1) is 12.6 Å². The summed E-state index contributed by atoms with van der Waals surface area (Å²) < 4.78 is 11.1. The Kier molecular flexibility index (Phi) is 3.95. The Morgan fingerprint density at radius 2 is 1.95 bits per heavy atom. The number of hydrogen-bond acceptors (Lipinski definition) is 5. The zero-order valence-corrected chi connectivity index (χ0v) is 12.6. The van der Waals surface area contributed by atoms with Gasteiger partial charge >= 0.3 is 0 Å². The first-order chi connectivity index (χ1) is 10.4. The minimum atomic E-state index is 0.259. The van der Waals surface area contributed by atoms with E-state index in [1.54, 1.807) is 0 Å². The van der Waals surface area contributed by atoms with Crippen LogP contribution in [0.15, 0.2) is 4.52 Å². The summed E-state index contributed by atoms with van der Waals surface area (Å²) in [7, 11) is 0. The third-order valence-electron chi connectivity index (χ3n) is 5.43. The van der Waals surface area contributed by atoms with Crippen LogP contribution in [0, 0.1) is 5.92 Å². The van der Waals surface area contributed by atoms with Crippen molar-refractivity contribution in [3.8, 4) is 0 Å². The lowest BCUT2D eigenvalue weighted by atomic mass is 9.78. The van der Waals surface area contributed by atoms with Gasteiger partial charge < -0.3 is 14.6 Å².